The van der Waals surface area contributed by atoms with Crippen LogP contribution in [-0.2, 0) is 24.2 Å². The molecule has 1 aliphatic rings. The van der Waals surface area contributed by atoms with Crippen LogP contribution in [0.25, 0.3) is 0 Å². The van der Waals surface area contributed by atoms with Crippen molar-refractivity contribution in [2.45, 2.75) is 37.2 Å². The molecule has 2 unspecified atom stereocenters. The Bertz CT molecular complexity index is 328. The van der Waals surface area contributed by atoms with Gasteiger partial charge in [-0.1, -0.05) is 13.8 Å². The van der Waals surface area contributed by atoms with Gasteiger partial charge in [0.2, 0.25) is 0 Å². The van der Waals surface area contributed by atoms with Gasteiger partial charge in [0.25, 0.3) is 0 Å². The molecule has 2 atom stereocenters. The maximum absolute atomic E-state index is 11.7. The summed E-state index contributed by atoms with van der Waals surface area (Å²) < 4.78 is 27.7. The molecule has 14 heavy (non-hydrogen) atoms. The first-order valence-electron chi connectivity index (χ1n) is 4.43. The van der Waals surface area contributed by atoms with Crippen molar-refractivity contribution in [3.63, 3.8) is 0 Å². The molecular weight excluding hydrogens is 208 g/mol. The highest BCUT2D eigenvalue weighted by Crippen LogP contribution is 2.23. The molecule has 80 valence electrons. The van der Waals surface area contributed by atoms with E-state index in [4.69, 9.17) is 0 Å². The molecule has 1 heterocycles. The Labute approximate surface area is 82.4 Å². The highest BCUT2D eigenvalue weighted by atomic mass is 32.2. The number of esters is 2. The fourth-order valence-electron chi connectivity index (χ4n) is 1.50. The van der Waals surface area contributed by atoms with Crippen molar-refractivity contribution in [2.75, 3.05) is 0 Å². The summed E-state index contributed by atoms with van der Waals surface area (Å²) in [5, 5.41) is -2.35. The predicted octanol–water partition coefficient (Wildman–Crippen LogP) is 0.0418. The second-order valence-corrected chi connectivity index (χ2v) is 5.44. The lowest BCUT2D eigenvalue weighted by molar-refractivity contribution is -0.160. The summed E-state index contributed by atoms with van der Waals surface area (Å²) in [6, 6.07) is 0. The molecule has 0 spiro atoms. The molecule has 6 heteroatoms. The quantitative estimate of drug-likeness (QED) is 0.485. The van der Waals surface area contributed by atoms with E-state index in [1.165, 1.54) is 0 Å². The van der Waals surface area contributed by atoms with Gasteiger partial charge in [0, 0.05) is 0 Å². The van der Waals surface area contributed by atoms with Gasteiger partial charge in [0.15, 0.2) is 20.3 Å². The van der Waals surface area contributed by atoms with Crippen molar-refractivity contribution in [3.8, 4) is 0 Å². The van der Waals surface area contributed by atoms with Crippen LogP contribution in [0.4, 0.5) is 0 Å². The maximum atomic E-state index is 11.7. The zero-order chi connectivity index (χ0) is 10.9. The van der Waals surface area contributed by atoms with Crippen molar-refractivity contribution in [1.29, 1.82) is 0 Å². The Morgan fingerprint density at radius 1 is 1.07 bits per heavy atom. The summed E-state index contributed by atoms with van der Waals surface area (Å²) in [4.78, 5) is 22.2. The average molecular weight is 220 g/mol. The second kappa shape index (κ2) is 3.68. The zero-order valence-electron chi connectivity index (χ0n) is 8.02. The van der Waals surface area contributed by atoms with E-state index in [9.17, 15) is 18.0 Å². The lowest BCUT2D eigenvalue weighted by Gasteiger charge is -2.24. The normalized spacial score (nSPS) is 31.3. The van der Waals surface area contributed by atoms with E-state index in [2.05, 4.69) is 4.74 Å². The molecule has 0 N–H and O–H groups in total. The molecule has 0 amide bonds. The van der Waals surface area contributed by atoms with Gasteiger partial charge in [-0.3, -0.25) is 9.59 Å². The largest absolute Gasteiger partial charge is 0.391 e. The number of rotatable bonds is 2. The van der Waals surface area contributed by atoms with E-state index < -0.39 is 32.3 Å². The zero-order valence-corrected chi connectivity index (χ0v) is 8.83. The molecule has 1 saturated heterocycles. The smallest absolute Gasteiger partial charge is 0.332 e. The van der Waals surface area contributed by atoms with E-state index in [0.29, 0.717) is 0 Å². The topological polar surface area (TPSA) is 77.5 Å². The van der Waals surface area contributed by atoms with Gasteiger partial charge in [-0.25, -0.2) is 8.42 Å². The van der Waals surface area contributed by atoms with Gasteiger partial charge in [-0.15, -0.1) is 0 Å². The number of hydrogen-bond donors (Lipinski definition) is 0. The molecule has 0 aromatic carbocycles. The standard InChI is InChI=1S/C8H12O5S/c1-3-5-7(9)13-8(10)6(4-2)14(5,11)12/h5-6H,3-4H2,1-2H3. The van der Waals surface area contributed by atoms with E-state index in [0.717, 1.165) is 0 Å². The van der Waals surface area contributed by atoms with Crippen molar-refractivity contribution >= 4 is 21.8 Å². The van der Waals surface area contributed by atoms with Crippen LogP contribution in [0.5, 0.6) is 0 Å². The first-order chi connectivity index (χ1) is 6.45. The van der Waals surface area contributed by atoms with E-state index >= 15 is 0 Å². The van der Waals surface area contributed by atoms with Crippen LogP contribution in [0, 0.1) is 0 Å². The first kappa shape index (κ1) is 11.2. The van der Waals surface area contributed by atoms with Crippen LogP contribution in [0.1, 0.15) is 26.7 Å². The Kier molecular flexibility index (Phi) is 2.94. The molecule has 0 radical (unpaired) electrons. The van der Waals surface area contributed by atoms with Gasteiger partial charge in [-0.05, 0) is 12.8 Å². The third-order valence-electron chi connectivity index (χ3n) is 2.26. The van der Waals surface area contributed by atoms with Crippen LogP contribution in [0.3, 0.4) is 0 Å². The minimum atomic E-state index is -3.69. The highest BCUT2D eigenvalue weighted by molar-refractivity contribution is 7.94. The Morgan fingerprint density at radius 2 is 1.43 bits per heavy atom. The third-order valence-corrected chi connectivity index (χ3v) is 4.90. The van der Waals surface area contributed by atoms with Crippen molar-refractivity contribution in [3.05, 3.63) is 0 Å². The Hall–Kier alpha value is -0.910. The third kappa shape index (κ3) is 1.54. The molecule has 5 nitrogen and oxygen atoms in total. The molecule has 0 aromatic heterocycles. The maximum Gasteiger partial charge on any atom is 0.332 e. The number of ether oxygens (including phenoxy) is 1. The monoisotopic (exact) mass is 220 g/mol. The molecule has 0 bridgehead atoms. The first-order valence-corrected chi connectivity index (χ1v) is 6.04. The molecule has 0 saturated carbocycles. The SMILES string of the molecule is CCC1C(=O)OC(=O)C(CC)S1(=O)=O. The molecular formula is C8H12O5S. The van der Waals surface area contributed by atoms with Crippen molar-refractivity contribution < 1.29 is 22.7 Å². The predicted molar refractivity (Wildman–Crippen MR) is 48.2 cm³/mol. The minimum absolute atomic E-state index is 0.144. The molecule has 0 aromatic rings. The highest BCUT2D eigenvalue weighted by Gasteiger charge is 2.48. The number of hydrogen-bond acceptors (Lipinski definition) is 5. The molecule has 1 rings (SSSR count). The molecule has 1 fully saturated rings. The summed E-state index contributed by atoms with van der Waals surface area (Å²) in [6.07, 6.45) is 0.288. The van der Waals surface area contributed by atoms with Crippen LogP contribution in [0.2, 0.25) is 0 Å². The summed E-state index contributed by atoms with van der Waals surface area (Å²) in [5.41, 5.74) is 0. The van der Waals surface area contributed by atoms with Gasteiger partial charge in [0.1, 0.15) is 0 Å². The Morgan fingerprint density at radius 3 is 1.71 bits per heavy atom. The van der Waals surface area contributed by atoms with E-state index in [-0.39, 0.29) is 12.8 Å². The number of carbonyl (C=O) groups is 2. The minimum Gasteiger partial charge on any atom is -0.391 e. The fraction of sp³-hybridized carbons (Fsp3) is 0.750. The second-order valence-electron chi connectivity index (χ2n) is 3.12. The van der Waals surface area contributed by atoms with Gasteiger partial charge < -0.3 is 4.74 Å². The molecule has 0 aliphatic carbocycles. The fourth-order valence-corrected chi connectivity index (χ4v) is 3.45. The number of sulfone groups is 1. The van der Waals surface area contributed by atoms with E-state index in [1.54, 1.807) is 13.8 Å². The van der Waals surface area contributed by atoms with Gasteiger partial charge in [-0.2, -0.15) is 0 Å². The summed E-state index contributed by atoms with van der Waals surface area (Å²) in [5.74, 6) is -1.88. The Balaban J connectivity index is 3.15. The number of carbonyl (C=O) groups excluding carboxylic acids is 2. The van der Waals surface area contributed by atoms with E-state index in [1.807, 2.05) is 0 Å². The molecule has 1 aliphatic heterocycles. The van der Waals surface area contributed by atoms with Crippen molar-refractivity contribution in [1.82, 2.24) is 0 Å². The lowest BCUT2D eigenvalue weighted by atomic mass is 10.3. The van der Waals surface area contributed by atoms with Crippen molar-refractivity contribution in [2.24, 2.45) is 0 Å². The van der Waals surface area contributed by atoms with Crippen LogP contribution < -0.4 is 0 Å². The number of cyclic esters (lactones) is 2. The summed E-state index contributed by atoms with van der Waals surface area (Å²) >= 11 is 0. The van der Waals surface area contributed by atoms with Crippen LogP contribution >= 0.6 is 0 Å². The van der Waals surface area contributed by atoms with Crippen LogP contribution in [-0.4, -0.2) is 30.9 Å². The van der Waals surface area contributed by atoms with Gasteiger partial charge >= 0.3 is 11.9 Å². The lowest BCUT2D eigenvalue weighted by Crippen LogP contribution is -2.49. The summed E-state index contributed by atoms with van der Waals surface area (Å²) in [6.45, 7) is 3.15. The van der Waals surface area contributed by atoms with Gasteiger partial charge in [0.05, 0.1) is 0 Å². The average Bonchev–Trinajstić information content (AvgIpc) is 2.02. The summed E-state index contributed by atoms with van der Waals surface area (Å²) in [7, 11) is -3.69. The van der Waals surface area contributed by atoms with Crippen LogP contribution in [0.15, 0.2) is 0 Å².